The third-order valence-electron chi connectivity index (χ3n) is 3.23. The van der Waals surface area contributed by atoms with E-state index < -0.39 is 11.0 Å². The summed E-state index contributed by atoms with van der Waals surface area (Å²) in [6.45, 7) is 0. The van der Waals surface area contributed by atoms with E-state index in [0.29, 0.717) is 27.3 Å². The van der Waals surface area contributed by atoms with Gasteiger partial charge in [0.1, 0.15) is 6.10 Å². The molecule has 0 radical (unpaired) electrons. The predicted octanol–water partition coefficient (Wildman–Crippen LogP) is 4.62. The van der Waals surface area contributed by atoms with Gasteiger partial charge in [-0.05, 0) is 23.8 Å². The maximum Gasteiger partial charge on any atom is 0.279 e. The van der Waals surface area contributed by atoms with Crippen LogP contribution in [0.1, 0.15) is 17.2 Å². The highest BCUT2D eigenvalue weighted by Crippen LogP contribution is 2.52. The molecule has 4 nitrogen and oxygen atoms in total. The van der Waals surface area contributed by atoms with Crippen molar-refractivity contribution in [2.75, 3.05) is 0 Å². The van der Waals surface area contributed by atoms with Crippen LogP contribution in [0, 0.1) is 10.1 Å². The molecule has 1 atom stereocenters. The van der Waals surface area contributed by atoms with Gasteiger partial charge >= 0.3 is 0 Å². The smallest absolute Gasteiger partial charge is 0.279 e. The van der Waals surface area contributed by atoms with E-state index in [2.05, 4.69) is 0 Å². The van der Waals surface area contributed by atoms with E-state index >= 15 is 0 Å². The number of nitrogens with zero attached hydrogens (tertiary/aromatic N) is 1. The Kier molecular flexibility index (Phi) is 3.14. The van der Waals surface area contributed by atoms with E-state index in [9.17, 15) is 15.2 Å². The number of rotatable bonds is 1. The fourth-order valence-electron chi connectivity index (χ4n) is 2.49. The number of hydrogen-bond acceptors (Lipinski definition) is 3. The van der Waals surface area contributed by atoms with Crippen molar-refractivity contribution in [3.63, 3.8) is 0 Å². The van der Waals surface area contributed by atoms with Crippen LogP contribution in [0.25, 0.3) is 11.1 Å². The summed E-state index contributed by atoms with van der Waals surface area (Å²) < 4.78 is 0. The van der Waals surface area contributed by atoms with E-state index in [1.54, 1.807) is 6.07 Å². The molecular formula is C13H6Cl3NO3. The van der Waals surface area contributed by atoms with Crippen LogP contribution in [0.4, 0.5) is 5.69 Å². The van der Waals surface area contributed by atoms with Gasteiger partial charge in [0.15, 0.2) is 0 Å². The van der Waals surface area contributed by atoms with Crippen molar-refractivity contribution in [2.45, 2.75) is 6.10 Å². The van der Waals surface area contributed by atoms with Crippen molar-refractivity contribution in [1.29, 1.82) is 0 Å². The zero-order valence-electron chi connectivity index (χ0n) is 9.73. The van der Waals surface area contributed by atoms with Crippen molar-refractivity contribution in [2.24, 2.45) is 0 Å². The molecule has 0 saturated carbocycles. The fourth-order valence-corrected chi connectivity index (χ4v) is 3.31. The molecule has 0 aromatic heterocycles. The van der Waals surface area contributed by atoms with Gasteiger partial charge in [0.25, 0.3) is 5.69 Å². The second-order valence-electron chi connectivity index (χ2n) is 4.40. The number of halogens is 3. The Balaban J connectivity index is 2.43. The van der Waals surface area contributed by atoms with Crippen LogP contribution < -0.4 is 0 Å². The lowest BCUT2D eigenvalue weighted by Crippen LogP contribution is -1.96. The molecule has 1 aliphatic carbocycles. The minimum atomic E-state index is -1.03. The molecule has 2 aromatic carbocycles. The topological polar surface area (TPSA) is 63.4 Å². The summed E-state index contributed by atoms with van der Waals surface area (Å²) in [5.41, 5.74) is 1.35. The van der Waals surface area contributed by atoms with Crippen molar-refractivity contribution >= 4 is 40.5 Å². The van der Waals surface area contributed by atoms with Gasteiger partial charge in [0, 0.05) is 27.2 Å². The Morgan fingerprint density at radius 2 is 1.55 bits per heavy atom. The maximum absolute atomic E-state index is 11.2. The fraction of sp³-hybridized carbons (Fsp3) is 0.0769. The molecule has 0 fully saturated rings. The third-order valence-corrected chi connectivity index (χ3v) is 3.97. The van der Waals surface area contributed by atoms with Crippen LogP contribution in [0.15, 0.2) is 24.3 Å². The summed E-state index contributed by atoms with van der Waals surface area (Å²) >= 11 is 17.9. The SMILES string of the molecule is O=[N+]([O-])c1cc(Cl)cc2c1-c1c(Cl)cc(Cl)cc1C2O. The van der Waals surface area contributed by atoms with Crippen LogP contribution in [0.5, 0.6) is 0 Å². The first-order chi connectivity index (χ1) is 9.40. The normalized spacial score (nSPS) is 15.9. The molecular weight excluding hydrogens is 325 g/mol. The molecule has 2 aromatic rings. The maximum atomic E-state index is 11.2. The van der Waals surface area contributed by atoms with Crippen LogP contribution in [0.2, 0.25) is 15.1 Å². The summed E-state index contributed by atoms with van der Waals surface area (Å²) in [4.78, 5) is 10.7. The molecule has 0 heterocycles. The molecule has 3 rings (SSSR count). The molecule has 1 unspecified atom stereocenters. The molecule has 102 valence electrons. The Morgan fingerprint density at radius 1 is 1.00 bits per heavy atom. The van der Waals surface area contributed by atoms with Crippen LogP contribution >= 0.6 is 34.8 Å². The summed E-state index contributed by atoms with van der Waals surface area (Å²) in [7, 11) is 0. The quantitative estimate of drug-likeness (QED) is 0.613. The molecule has 0 amide bonds. The van der Waals surface area contributed by atoms with E-state index in [1.807, 2.05) is 0 Å². The minimum Gasteiger partial charge on any atom is -0.384 e. The number of nitro groups is 1. The largest absolute Gasteiger partial charge is 0.384 e. The van der Waals surface area contributed by atoms with Crippen molar-refractivity contribution in [1.82, 2.24) is 0 Å². The molecule has 0 bridgehead atoms. The lowest BCUT2D eigenvalue weighted by Gasteiger charge is -2.06. The second-order valence-corrected chi connectivity index (χ2v) is 5.68. The number of benzene rings is 2. The lowest BCUT2D eigenvalue weighted by atomic mass is 10.0. The van der Waals surface area contributed by atoms with Gasteiger partial charge in [-0.15, -0.1) is 0 Å². The average Bonchev–Trinajstić information content (AvgIpc) is 2.62. The van der Waals surface area contributed by atoms with Crippen molar-refractivity contribution in [3.05, 3.63) is 60.6 Å². The predicted molar refractivity (Wildman–Crippen MR) is 77.6 cm³/mol. The van der Waals surface area contributed by atoms with Gasteiger partial charge < -0.3 is 5.11 Å². The monoisotopic (exact) mass is 329 g/mol. The third kappa shape index (κ3) is 1.88. The zero-order valence-corrected chi connectivity index (χ0v) is 12.0. The molecule has 1 aliphatic rings. The van der Waals surface area contributed by atoms with Gasteiger partial charge in [-0.2, -0.15) is 0 Å². The van der Waals surface area contributed by atoms with Gasteiger partial charge in [-0.25, -0.2) is 0 Å². The second kappa shape index (κ2) is 4.60. The first-order valence-electron chi connectivity index (χ1n) is 5.55. The first kappa shape index (κ1) is 13.6. The first-order valence-corrected chi connectivity index (χ1v) is 6.68. The van der Waals surface area contributed by atoms with Gasteiger partial charge in [-0.3, -0.25) is 10.1 Å². The van der Waals surface area contributed by atoms with Crippen LogP contribution in [0.3, 0.4) is 0 Å². The average molecular weight is 331 g/mol. The standard InChI is InChI=1S/C13H6Cl3NO3/c14-5-1-7-11(9(16)3-5)12-8(13(7)18)2-6(15)4-10(12)17(19)20/h1-4,13,18H. The van der Waals surface area contributed by atoms with E-state index in [4.69, 9.17) is 34.8 Å². The molecule has 7 heteroatoms. The Morgan fingerprint density at radius 3 is 2.15 bits per heavy atom. The molecule has 0 saturated heterocycles. The van der Waals surface area contributed by atoms with Crippen molar-refractivity contribution in [3.8, 4) is 11.1 Å². The van der Waals surface area contributed by atoms with E-state index in [0.717, 1.165) is 0 Å². The lowest BCUT2D eigenvalue weighted by molar-refractivity contribution is -0.384. The number of nitro benzene ring substituents is 1. The minimum absolute atomic E-state index is 0.185. The Hall–Kier alpha value is -1.33. The molecule has 20 heavy (non-hydrogen) atoms. The zero-order chi connectivity index (χ0) is 14.6. The van der Waals surface area contributed by atoms with Crippen LogP contribution in [-0.4, -0.2) is 10.0 Å². The number of aliphatic hydroxyl groups is 1. The highest BCUT2D eigenvalue weighted by atomic mass is 35.5. The molecule has 1 N–H and O–H groups in total. The summed E-state index contributed by atoms with van der Waals surface area (Å²) in [5, 5.41) is 22.3. The van der Waals surface area contributed by atoms with Crippen molar-refractivity contribution < 1.29 is 10.0 Å². The molecule has 0 aliphatic heterocycles. The van der Waals surface area contributed by atoms with Crippen LogP contribution in [-0.2, 0) is 0 Å². The Bertz CT molecular complexity index is 761. The number of fused-ring (bicyclic) bond motifs is 3. The summed E-state index contributed by atoms with van der Waals surface area (Å²) in [5.74, 6) is 0. The van der Waals surface area contributed by atoms with E-state index in [-0.39, 0.29) is 15.7 Å². The number of hydrogen-bond donors (Lipinski definition) is 1. The summed E-state index contributed by atoms with van der Waals surface area (Å²) in [6.07, 6.45) is -1.03. The summed E-state index contributed by atoms with van der Waals surface area (Å²) in [6, 6.07) is 5.78. The number of aliphatic hydroxyl groups excluding tert-OH is 1. The molecule has 0 spiro atoms. The Labute approximate surface area is 128 Å². The van der Waals surface area contributed by atoms with E-state index in [1.165, 1.54) is 18.2 Å². The van der Waals surface area contributed by atoms with Gasteiger partial charge in [0.05, 0.1) is 15.5 Å². The van der Waals surface area contributed by atoms with Gasteiger partial charge in [0.2, 0.25) is 0 Å². The van der Waals surface area contributed by atoms with Gasteiger partial charge in [-0.1, -0.05) is 34.8 Å². The highest BCUT2D eigenvalue weighted by molar-refractivity contribution is 6.37. The highest BCUT2D eigenvalue weighted by Gasteiger charge is 2.35.